The first-order valence-corrected chi connectivity index (χ1v) is 10.9. The fourth-order valence-electron chi connectivity index (χ4n) is 3.02. The van der Waals surface area contributed by atoms with Crippen LogP contribution in [0.25, 0.3) is 22.7 Å². The van der Waals surface area contributed by atoms with Crippen molar-refractivity contribution in [3.8, 4) is 22.7 Å². The smallest absolute Gasteiger partial charge is 0.339 e. The van der Waals surface area contributed by atoms with Gasteiger partial charge in [-0.05, 0) is 19.1 Å². The number of nitrogens with zero attached hydrogens (tertiary/aromatic N) is 3. The van der Waals surface area contributed by atoms with Crippen molar-refractivity contribution in [3.05, 3.63) is 71.8 Å². The van der Waals surface area contributed by atoms with Crippen LogP contribution in [0.1, 0.15) is 28.9 Å². The van der Waals surface area contributed by atoms with Crippen molar-refractivity contribution >= 4 is 16.8 Å². The molecule has 158 valence electrons. The number of aryl methyl sites for hydroxylation is 1. The third-order valence-electron chi connectivity index (χ3n) is 4.53. The third kappa shape index (κ3) is 4.31. The second kappa shape index (κ2) is 9.05. The lowest BCUT2D eigenvalue weighted by Crippen LogP contribution is -2.10. The summed E-state index contributed by atoms with van der Waals surface area (Å²) in [6.45, 7) is 3.32. The van der Waals surface area contributed by atoms with E-state index >= 15 is 0 Å². The summed E-state index contributed by atoms with van der Waals surface area (Å²) in [4.78, 5) is 13.0. The molecule has 0 saturated heterocycles. The molecule has 0 aliphatic heterocycles. The van der Waals surface area contributed by atoms with Crippen molar-refractivity contribution in [2.75, 3.05) is 5.75 Å². The number of carbonyl (C=O) groups is 1. The second-order valence-corrected chi connectivity index (χ2v) is 8.24. The molecule has 0 N–H and O–H groups in total. The lowest BCUT2D eigenvalue weighted by Gasteiger charge is -2.07. The molecule has 0 saturated carbocycles. The van der Waals surface area contributed by atoms with E-state index in [9.17, 15) is 9.00 Å². The minimum absolute atomic E-state index is 0.122. The first kappa shape index (κ1) is 20.7. The van der Waals surface area contributed by atoms with Gasteiger partial charge in [0.1, 0.15) is 17.0 Å². The second-order valence-electron chi connectivity index (χ2n) is 6.54. The molecule has 0 radical (unpaired) electrons. The molecule has 0 bridgehead atoms. The molecule has 0 aliphatic rings. The molecule has 2 aromatic heterocycles. The number of hydrogen-bond acceptors (Lipinski definition) is 8. The van der Waals surface area contributed by atoms with Crippen molar-refractivity contribution in [2.45, 2.75) is 25.3 Å². The predicted octanol–water partition coefficient (Wildman–Crippen LogP) is 4.18. The number of ether oxygens (including phenoxy) is 1. The maximum atomic E-state index is 12.5. The molecule has 9 heteroatoms. The highest BCUT2D eigenvalue weighted by Crippen LogP contribution is 2.33. The summed E-state index contributed by atoms with van der Waals surface area (Å²) in [5.41, 5.74) is 2.27. The number of aromatic nitrogens is 3. The van der Waals surface area contributed by atoms with E-state index in [-0.39, 0.29) is 24.0 Å². The molecule has 0 spiro atoms. The summed E-state index contributed by atoms with van der Waals surface area (Å²) in [6, 6.07) is 16.2. The van der Waals surface area contributed by atoms with Gasteiger partial charge in [0.2, 0.25) is 0 Å². The van der Waals surface area contributed by atoms with Crippen molar-refractivity contribution in [3.63, 3.8) is 0 Å². The van der Waals surface area contributed by atoms with E-state index in [1.165, 1.54) is 0 Å². The molecule has 2 aromatic carbocycles. The van der Waals surface area contributed by atoms with Gasteiger partial charge in [0.15, 0.2) is 6.61 Å². The van der Waals surface area contributed by atoms with Crippen LogP contribution in [0.4, 0.5) is 0 Å². The largest absolute Gasteiger partial charge is 0.452 e. The van der Waals surface area contributed by atoms with E-state index < -0.39 is 16.8 Å². The van der Waals surface area contributed by atoms with E-state index in [2.05, 4.69) is 15.4 Å². The van der Waals surface area contributed by atoms with Gasteiger partial charge in [-0.2, -0.15) is 0 Å². The van der Waals surface area contributed by atoms with Gasteiger partial charge >= 0.3 is 5.97 Å². The van der Waals surface area contributed by atoms with E-state index in [4.69, 9.17) is 13.7 Å². The van der Waals surface area contributed by atoms with Crippen LogP contribution in [-0.4, -0.2) is 31.3 Å². The Labute approximate surface area is 180 Å². The number of hydrogen-bond donors (Lipinski definition) is 0. The lowest BCUT2D eigenvalue weighted by atomic mass is 10.1. The molecule has 0 amide bonds. The van der Waals surface area contributed by atoms with Gasteiger partial charge in [-0.1, -0.05) is 54.5 Å². The average Bonchev–Trinajstić information content (AvgIpc) is 3.43. The third-order valence-corrected chi connectivity index (χ3v) is 5.90. The highest BCUT2D eigenvalue weighted by molar-refractivity contribution is 7.85. The molecular weight excluding hydrogens is 418 g/mol. The summed E-state index contributed by atoms with van der Waals surface area (Å²) in [5, 5.41) is 12.1. The van der Waals surface area contributed by atoms with Crippen molar-refractivity contribution in [1.29, 1.82) is 0 Å². The van der Waals surface area contributed by atoms with Gasteiger partial charge in [0, 0.05) is 11.3 Å². The zero-order valence-electron chi connectivity index (χ0n) is 16.9. The van der Waals surface area contributed by atoms with E-state index in [0.717, 1.165) is 5.56 Å². The first-order chi connectivity index (χ1) is 15.1. The molecule has 0 aliphatic carbocycles. The van der Waals surface area contributed by atoms with Gasteiger partial charge in [-0.25, -0.2) is 4.79 Å². The van der Waals surface area contributed by atoms with Crippen molar-refractivity contribution in [1.82, 2.24) is 15.4 Å². The summed E-state index contributed by atoms with van der Waals surface area (Å²) in [7, 11) is -1.28. The fraction of sp³-hybridized carbons (Fsp3) is 0.182. The van der Waals surface area contributed by atoms with E-state index in [0.29, 0.717) is 27.7 Å². The van der Waals surface area contributed by atoms with Gasteiger partial charge in [-0.15, -0.1) is 10.2 Å². The Bertz CT molecular complexity index is 1230. The zero-order valence-corrected chi connectivity index (χ0v) is 17.7. The zero-order chi connectivity index (χ0) is 21.8. The molecular formula is C22H19N3O5S. The number of carbonyl (C=O) groups excluding carboxylic acids is 1. The fourth-order valence-corrected chi connectivity index (χ4v) is 3.96. The Hall–Kier alpha value is -3.59. The highest BCUT2D eigenvalue weighted by atomic mass is 32.2. The average molecular weight is 437 g/mol. The van der Waals surface area contributed by atoms with Crippen LogP contribution in [0, 0.1) is 6.92 Å². The van der Waals surface area contributed by atoms with E-state index in [1.54, 1.807) is 38.1 Å². The van der Waals surface area contributed by atoms with Crippen LogP contribution < -0.4 is 0 Å². The molecule has 0 fully saturated rings. The van der Waals surface area contributed by atoms with Crippen LogP contribution in [0.3, 0.4) is 0 Å². The van der Waals surface area contributed by atoms with Crippen LogP contribution in [0.5, 0.6) is 0 Å². The molecule has 2 heterocycles. The van der Waals surface area contributed by atoms with Crippen LogP contribution >= 0.6 is 0 Å². The normalized spacial score (nSPS) is 11.9. The minimum Gasteiger partial charge on any atom is -0.452 e. The Morgan fingerprint density at radius 1 is 1.06 bits per heavy atom. The van der Waals surface area contributed by atoms with Crippen LogP contribution in [0.15, 0.2) is 68.4 Å². The van der Waals surface area contributed by atoms with Crippen LogP contribution in [0.2, 0.25) is 0 Å². The Balaban J connectivity index is 1.53. The monoisotopic (exact) mass is 437 g/mol. The maximum absolute atomic E-state index is 12.5. The van der Waals surface area contributed by atoms with Gasteiger partial charge < -0.3 is 13.7 Å². The summed E-state index contributed by atoms with van der Waals surface area (Å²) < 4.78 is 28.5. The Morgan fingerprint density at radius 3 is 2.58 bits per heavy atom. The molecule has 31 heavy (non-hydrogen) atoms. The lowest BCUT2D eigenvalue weighted by molar-refractivity contribution is 0.0434. The summed E-state index contributed by atoms with van der Waals surface area (Å²) in [5.74, 6) is 0.664. The molecule has 1 unspecified atom stereocenters. The topological polar surface area (TPSA) is 108 Å². The molecule has 8 nitrogen and oxygen atoms in total. The number of esters is 1. The van der Waals surface area contributed by atoms with Crippen LogP contribution in [-0.2, 0) is 22.1 Å². The van der Waals surface area contributed by atoms with Crippen molar-refractivity contribution < 1.29 is 22.7 Å². The number of benzene rings is 2. The molecule has 4 aromatic rings. The van der Waals surface area contributed by atoms with Crippen molar-refractivity contribution in [2.24, 2.45) is 0 Å². The quantitative estimate of drug-likeness (QED) is 0.396. The summed E-state index contributed by atoms with van der Waals surface area (Å²) in [6.07, 6.45) is 0. The van der Waals surface area contributed by atoms with E-state index in [1.807, 2.05) is 30.3 Å². The first-order valence-electron chi connectivity index (χ1n) is 9.57. The SMILES string of the molecule is CCS(=O)c1ccccc1C(=O)OCc1nnc(-c2c(-c3ccccc3)noc2C)o1. The highest BCUT2D eigenvalue weighted by Gasteiger charge is 2.23. The predicted molar refractivity (Wildman–Crippen MR) is 112 cm³/mol. The Kier molecular flexibility index (Phi) is 6.03. The van der Waals surface area contributed by atoms with Gasteiger partial charge in [-0.3, -0.25) is 4.21 Å². The Morgan fingerprint density at radius 2 is 1.81 bits per heavy atom. The summed E-state index contributed by atoms with van der Waals surface area (Å²) >= 11 is 0. The van der Waals surface area contributed by atoms with Gasteiger partial charge in [0.05, 0.1) is 21.3 Å². The minimum atomic E-state index is -1.28. The standard InChI is InChI=1S/C22H19N3O5S/c1-3-31(27)17-12-8-7-11-16(17)22(26)28-13-18-23-24-21(29-18)19-14(2)30-25-20(19)15-9-5-4-6-10-15/h4-12H,3,13H2,1-2H3. The van der Waals surface area contributed by atoms with Gasteiger partial charge in [0.25, 0.3) is 11.8 Å². The number of rotatable bonds is 7. The molecule has 1 atom stereocenters. The maximum Gasteiger partial charge on any atom is 0.339 e. The molecule has 4 rings (SSSR count).